The molecule has 0 saturated carbocycles. The van der Waals surface area contributed by atoms with Crippen molar-refractivity contribution in [2.75, 3.05) is 5.32 Å². The van der Waals surface area contributed by atoms with Crippen LogP contribution in [0.3, 0.4) is 0 Å². The van der Waals surface area contributed by atoms with Crippen LogP contribution in [-0.4, -0.2) is 15.7 Å². The molecule has 0 atom stereocenters. The topological polar surface area (TPSA) is 70.7 Å². The van der Waals surface area contributed by atoms with E-state index in [2.05, 4.69) is 10.4 Å². The number of amides is 1. The molecular weight excluding hydrogens is 328 g/mol. The van der Waals surface area contributed by atoms with Crippen LogP contribution in [0.15, 0.2) is 24.4 Å². The normalized spacial score (nSPS) is 11.2. The van der Waals surface area contributed by atoms with Gasteiger partial charge in [0.2, 0.25) is 0 Å². The predicted octanol–water partition coefficient (Wildman–Crippen LogP) is 3.52. The number of nitrogens with one attached hydrogen (secondary N) is 1. The molecule has 9 heteroatoms. The van der Waals surface area contributed by atoms with E-state index in [1.165, 1.54) is 16.9 Å². The van der Waals surface area contributed by atoms with Gasteiger partial charge < -0.3 is 5.32 Å². The third kappa shape index (κ3) is 3.71. The Balaban J connectivity index is 2.20. The van der Waals surface area contributed by atoms with Crippen LogP contribution in [0.1, 0.15) is 27.9 Å². The fourth-order valence-corrected chi connectivity index (χ4v) is 2.05. The zero-order chi connectivity index (χ0) is 17.9. The highest BCUT2D eigenvalue weighted by Crippen LogP contribution is 2.33. The van der Waals surface area contributed by atoms with Crippen LogP contribution in [0.5, 0.6) is 0 Å². The molecule has 126 valence electrons. The number of nitrogens with zero attached hydrogens (tertiary/aromatic N) is 3. The lowest BCUT2D eigenvalue weighted by atomic mass is 10.0. The number of halogens is 4. The molecular formula is C15H12F4N4O. The fourth-order valence-electron chi connectivity index (χ4n) is 2.05. The maximum atomic E-state index is 13.9. The largest absolute Gasteiger partial charge is 0.419 e. The Bertz CT molecular complexity index is 805. The Morgan fingerprint density at radius 2 is 2.08 bits per heavy atom. The summed E-state index contributed by atoms with van der Waals surface area (Å²) in [5, 5.41) is 14.8. The molecule has 0 aliphatic heterocycles. The van der Waals surface area contributed by atoms with Crippen LogP contribution in [0.4, 0.5) is 23.4 Å². The van der Waals surface area contributed by atoms with Crippen LogP contribution in [-0.2, 0) is 12.7 Å². The number of aryl methyl sites for hydroxylation is 1. The summed E-state index contributed by atoms with van der Waals surface area (Å²) >= 11 is 0. The maximum Gasteiger partial charge on any atom is 0.419 e. The second kappa shape index (κ2) is 6.70. The van der Waals surface area contributed by atoms with Gasteiger partial charge in [0.15, 0.2) is 5.82 Å². The molecule has 0 fully saturated rings. The van der Waals surface area contributed by atoms with E-state index < -0.39 is 29.0 Å². The molecule has 24 heavy (non-hydrogen) atoms. The molecule has 0 saturated heterocycles. The van der Waals surface area contributed by atoms with Crippen molar-refractivity contribution in [2.45, 2.75) is 26.1 Å². The van der Waals surface area contributed by atoms with Crippen LogP contribution in [0.2, 0.25) is 0 Å². The Morgan fingerprint density at radius 1 is 1.38 bits per heavy atom. The molecule has 0 radical (unpaired) electrons. The highest BCUT2D eigenvalue weighted by Gasteiger charge is 2.35. The molecule has 1 aromatic heterocycles. The van der Waals surface area contributed by atoms with Crippen LogP contribution in [0.25, 0.3) is 0 Å². The summed E-state index contributed by atoms with van der Waals surface area (Å²) in [6.45, 7) is 1.44. The van der Waals surface area contributed by atoms with Gasteiger partial charge in [0.05, 0.1) is 24.6 Å². The smallest absolute Gasteiger partial charge is 0.305 e. The first-order chi connectivity index (χ1) is 11.2. The van der Waals surface area contributed by atoms with Gasteiger partial charge in [-0.05, 0) is 24.6 Å². The number of benzene rings is 1. The number of hydrogen-bond donors (Lipinski definition) is 1. The summed E-state index contributed by atoms with van der Waals surface area (Å²) in [5.41, 5.74) is -2.03. The van der Waals surface area contributed by atoms with Crippen LogP contribution >= 0.6 is 0 Å². The Morgan fingerprint density at radius 3 is 2.71 bits per heavy atom. The lowest BCUT2D eigenvalue weighted by Crippen LogP contribution is -2.17. The van der Waals surface area contributed by atoms with Crippen LogP contribution in [0, 0.1) is 24.1 Å². The third-order valence-corrected chi connectivity index (χ3v) is 3.27. The maximum absolute atomic E-state index is 13.9. The molecule has 0 aliphatic carbocycles. The molecule has 1 aromatic carbocycles. The zero-order valence-electron chi connectivity index (χ0n) is 12.5. The van der Waals surface area contributed by atoms with Crippen molar-refractivity contribution in [3.8, 4) is 6.07 Å². The number of nitriles is 1. The minimum Gasteiger partial charge on any atom is -0.305 e. The first kappa shape index (κ1) is 17.5. The molecule has 1 N–H and O–H groups in total. The van der Waals surface area contributed by atoms with Crippen molar-refractivity contribution in [3.63, 3.8) is 0 Å². The summed E-state index contributed by atoms with van der Waals surface area (Å²) in [7, 11) is 0. The Hall–Kier alpha value is -2.89. The van der Waals surface area contributed by atoms with E-state index in [-0.39, 0.29) is 17.8 Å². The van der Waals surface area contributed by atoms with Crippen molar-refractivity contribution >= 4 is 11.7 Å². The average molecular weight is 340 g/mol. The van der Waals surface area contributed by atoms with E-state index in [0.717, 1.165) is 13.0 Å². The molecule has 2 aromatic rings. The van der Waals surface area contributed by atoms with E-state index in [4.69, 9.17) is 5.26 Å². The molecule has 5 nitrogen and oxygen atoms in total. The molecule has 1 amide bonds. The minimum atomic E-state index is -4.83. The number of carbonyl (C=O) groups excluding carboxylic acids is 1. The second-order valence-corrected chi connectivity index (χ2v) is 4.92. The van der Waals surface area contributed by atoms with Crippen molar-refractivity contribution in [1.82, 2.24) is 9.78 Å². The van der Waals surface area contributed by atoms with E-state index in [1.54, 1.807) is 0 Å². The lowest BCUT2D eigenvalue weighted by Gasteiger charge is -2.12. The van der Waals surface area contributed by atoms with Gasteiger partial charge in [-0.15, -0.1) is 0 Å². The van der Waals surface area contributed by atoms with Gasteiger partial charge in [-0.3, -0.25) is 9.48 Å². The number of rotatable bonds is 4. The second-order valence-electron chi connectivity index (χ2n) is 4.92. The van der Waals surface area contributed by atoms with Gasteiger partial charge in [-0.25, -0.2) is 4.39 Å². The zero-order valence-corrected chi connectivity index (χ0v) is 12.5. The summed E-state index contributed by atoms with van der Waals surface area (Å²) in [4.78, 5) is 12.1. The average Bonchev–Trinajstić information content (AvgIpc) is 2.93. The monoisotopic (exact) mass is 340 g/mol. The molecule has 2 rings (SSSR count). The van der Waals surface area contributed by atoms with Gasteiger partial charge in [-0.2, -0.15) is 23.5 Å². The highest BCUT2D eigenvalue weighted by atomic mass is 19.4. The molecule has 0 bridgehead atoms. The number of alkyl halides is 3. The molecule has 0 spiro atoms. The van der Waals surface area contributed by atoms with Crippen molar-refractivity contribution in [3.05, 3.63) is 46.9 Å². The first-order valence-corrected chi connectivity index (χ1v) is 6.82. The Labute approximate surface area is 134 Å². The molecule has 0 aliphatic rings. The van der Waals surface area contributed by atoms with Gasteiger partial charge in [0, 0.05) is 17.8 Å². The van der Waals surface area contributed by atoms with E-state index >= 15 is 0 Å². The summed E-state index contributed by atoms with van der Waals surface area (Å²) in [6, 6.07) is 4.86. The third-order valence-electron chi connectivity index (χ3n) is 3.27. The van der Waals surface area contributed by atoms with Crippen molar-refractivity contribution in [1.29, 1.82) is 5.26 Å². The van der Waals surface area contributed by atoms with E-state index in [1.807, 2.05) is 6.07 Å². The molecule has 0 unspecified atom stereocenters. The summed E-state index contributed by atoms with van der Waals surface area (Å²) < 4.78 is 53.2. The van der Waals surface area contributed by atoms with Gasteiger partial charge in [0.1, 0.15) is 5.82 Å². The summed E-state index contributed by atoms with van der Waals surface area (Å²) in [5.74, 6) is -2.10. The fraction of sp³-hybridized carbons (Fsp3) is 0.267. The van der Waals surface area contributed by atoms with Gasteiger partial charge >= 0.3 is 6.18 Å². The number of aromatic nitrogens is 2. The number of carbonyl (C=O) groups is 1. The summed E-state index contributed by atoms with van der Waals surface area (Å²) in [6.07, 6.45) is -3.06. The Kier molecular flexibility index (Phi) is 4.87. The van der Waals surface area contributed by atoms with Crippen molar-refractivity contribution in [2.24, 2.45) is 0 Å². The number of hydrogen-bond acceptors (Lipinski definition) is 3. The predicted molar refractivity (Wildman–Crippen MR) is 76.5 cm³/mol. The van der Waals surface area contributed by atoms with E-state index in [9.17, 15) is 22.4 Å². The van der Waals surface area contributed by atoms with Gasteiger partial charge in [0.25, 0.3) is 5.91 Å². The quantitative estimate of drug-likeness (QED) is 0.866. The first-order valence-electron chi connectivity index (χ1n) is 6.82. The molecule has 1 heterocycles. The van der Waals surface area contributed by atoms with Gasteiger partial charge in [-0.1, -0.05) is 0 Å². The van der Waals surface area contributed by atoms with Crippen LogP contribution < -0.4 is 5.32 Å². The lowest BCUT2D eigenvalue weighted by molar-refractivity contribution is -0.140. The number of anilines is 1. The minimum absolute atomic E-state index is 0.151. The highest BCUT2D eigenvalue weighted by molar-refractivity contribution is 6.04. The van der Waals surface area contributed by atoms with E-state index in [0.29, 0.717) is 12.6 Å². The van der Waals surface area contributed by atoms with Crippen molar-refractivity contribution < 1.29 is 22.4 Å². The SMILES string of the molecule is Cc1c(C(=O)Nc2ccn(CCC#N)n2)ccc(C(F)(F)F)c1F. The standard InChI is InChI=1S/C15H12F4N4O/c1-9-10(3-4-11(13(9)16)15(17,18)19)14(24)21-12-5-8-23(22-12)7-2-6-20/h3-5,8H,2,7H2,1H3,(H,21,22,24).